The van der Waals surface area contributed by atoms with Crippen molar-refractivity contribution < 1.29 is 81.0 Å². The number of aliphatic hydroxyl groups is 3. The number of ether oxygens (including phenoxy) is 4. The molecule has 33 heteroatoms. The van der Waals surface area contributed by atoms with Gasteiger partial charge in [0.1, 0.15) is 46.1 Å². The molecule has 690 valence electrons. The van der Waals surface area contributed by atoms with E-state index in [0.29, 0.717) is 88.7 Å². The molecule has 2 unspecified atom stereocenters. The van der Waals surface area contributed by atoms with Crippen molar-refractivity contribution in [3.8, 4) is 17.1 Å². The zero-order valence-corrected chi connectivity index (χ0v) is 75.7. The number of anilines is 3. The van der Waals surface area contributed by atoms with Gasteiger partial charge in [-0.25, -0.2) is 46.4 Å². The molecule has 0 aliphatic heterocycles. The van der Waals surface area contributed by atoms with Crippen LogP contribution in [0.5, 0.6) is 0 Å². The summed E-state index contributed by atoms with van der Waals surface area (Å²) in [6.07, 6.45) is -2.47. The molecule has 13 rings (SSSR count). The molecule has 1 aliphatic rings. The lowest BCUT2D eigenvalue weighted by atomic mass is 10.0. The highest BCUT2D eigenvalue weighted by Crippen LogP contribution is 2.33. The number of carbonyl (C=O) groups excluding carboxylic acids is 7. The Morgan fingerprint density at radius 1 is 0.481 bits per heavy atom. The highest BCUT2D eigenvalue weighted by molar-refractivity contribution is 6.11. The molecule has 29 nitrogen and oxygen atoms in total. The molecule has 0 radical (unpaired) electrons. The first-order chi connectivity index (χ1) is 61.8. The second-order valence-corrected chi connectivity index (χ2v) is 32.5. The van der Waals surface area contributed by atoms with Gasteiger partial charge < -0.3 is 78.1 Å². The minimum absolute atomic E-state index is 0. The molecule has 131 heavy (non-hydrogen) atoms. The van der Waals surface area contributed by atoms with Gasteiger partial charge in [0.15, 0.2) is 28.9 Å². The highest BCUT2D eigenvalue weighted by atomic mass is 35.5. The molecule has 1 aliphatic carbocycles. The Hall–Kier alpha value is -14.0. The predicted octanol–water partition coefficient (Wildman–Crippen LogP) is 17.3. The Labute approximate surface area is 765 Å². The van der Waals surface area contributed by atoms with Crippen LogP contribution in [-0.4, -0.2) is 136 Å². The summed E-state index contributed by atoms with van der Waals surface area (Å²) in [6.45, 7) is 31.9. The minimum Gasteiger partial charge on any atom is -0.444 e. The molecule has 12 aromatic rings. The number of nitrogens with zero attached hydrogens (tertiary/aromatic N) is 7. The first kappa shape index (κ1) is 104. The maximum Gasteiger partial charge on any atom is 0.519 e. The lowest BCUT2D eigenvalue weighted by Crippen LogP contribution is -2.32. The number of alkyl carbamates (subject to hydrolysis) is 1. The Bertz CT molecular complexity index is 5840. The summed E-state index contributed by atoms with van der Waals surface area (Å²) >= 11 is 0. The molecule has 2 atom stereocenters. The number of hydrogen-bond acceptors (Lipinski definition) is 21. The van der Waals surface area contributed by atoms with E-state index < -0.39 is 88.4 Å². The quantitative estimate of drug-likeness (QED) is 0.00707. The summed E-state index contributed by atoms with van der Waals surface area (Å²) in [5.41, 5.74) is 21.6. The first-order valence-electron chi connectivity index (χ1n) is 41.6. The topological polar surface area (TPSA) is 413 Å². The van der Waals surface area contributed by atoms with Crippen molar-refractivity contribution in [1.29, 1.82) is 0 Å². The fourth-order valence-electron chi connectivity index (χ4n) is 12.1. The van der Waals surface area contributed by atoms with Crippen LogP contribution < -0.4 is 43.8 Å². The van der Waals surface area contributed by atoms with Crippen LogP contribution in [0.1, 0.15) is 185 Å². The van der Waals surface area contributed by atoms with Gasteiger partial charge in [0.25, 0.3) is 17.7 Å². The predicted molar refractivity (Wildman–Crippen MR) is 498 cm³/mol. The second-order valence-electron chi connectivity index (χ2n) is 32.5. The Balaban J connectivity index is 0.000000235. The zero-order chi connectivity index (χ0) is 95.0. The number of aliphatic hydroxyl groups excluding tert-OH is 3. The number of nitrogens with two attached hydrogens (primary N) is 3. The number of nitrogens with one attached hydrogen (secondary N) is 5. The largest absolute Gasteiger partial charge is 0.519 e. The van der Waals surface area contributed by atoms with E-state index in [4.69, 9.17) is 43.1 Å². The van der Waals surface area contributed by atoms with Crippen LogP contribution in [0.3, 0.4) is 0 Å². The molecule has 0 bridgehead atoms. The summed E-state index contributed by atoms with van der Waals surface area (Å²) in [5, 5.41) is 56.2. The van der Waals surface area contributed by atoms with Crippen molar-refractivity contribution in [3.05, 3.63) is 344 Å². The summed E-state index contributed by atoms with van der Waals surface area (Å²) in [5.74, 6) is -3.70. The molecular formula is C98H111ClF3N15O14. The van der Waals surface area contributed by atoms with E-state index in [1.165, 1.54) is 69.4 Å². The monoisotopic (exact) mass is 1810 g/mol. The number of amides is 4. The van der Waals surface area contributed by atoms with Crippen molar-refractivity contribution in [1.82, 2.24) is 40.0 Å². The van der Waals surface area contributed by atoms with Gasteiger partial charge in [-0.2, -0.15) is 15.3 Å². The lowest BCUT2D eigenvalue weighted by Gasteiger charge is -2.20. The number of halogens is 4. The average Bonchev–Trinajstić information content (AvgIpc) is 1.41. The number of carbonyl (C=O) groups is 7. The molecule has 4 amide bonds. The summed E-state index contributed by atoms with van der Waals surface area (Å²) in [4.78, 5) is 89.5. The third-order valence-electron chi connectivity index (χ3n) is 18.2. The number of benzene rings is 9. The van der Waals surface area contributed by atoms with E-state index in [-0.39, 0.29) is 69.8 Å². The zero-order valence-electron chi connectivity index (χ0n) is 74.8. The van der Waals surface area contributed by atoms with E-state index in [2.05, 4.69) is 51.5 Å². The van der Waals surface area contributed by atoms with E-state index in [1.807, 2.05) is 42.5 Å². The number of rotatable bonds is 23. The summed E-state index contributed by atoms with van der Waals surface area (Å²) in [6, 6.07) is 65.2. The molecular weight excluding hydrogens is 1700 g/mol. The number of aromatic nitrogens is 6. The van der Waals surface area contributed by atoms with Crippen molar-refractivity contribution in [2.45, 2.75) is 138 Å². The SMILES string of the molecule is CC(C)(C)OC(=O)OC(=O)OC(C)(C)C.Cc1cc(C(=O)Nc2cccc(C(O)c3ccccc3)c2F)n(-c2cccc(CN)c2)n1.Cc1cc(C(=O)Nc2cccc(C(O)c3ccccc3)c2F)n(-c2cccc(CNC(=O)OC(C)(C)C)c2)n1.Cl.NCCNCCN.OCC1CC1.[C-]#[N+]c1cccc(-n2nc(C)cc2C(=O)Nc2cccc(C(=O)c3ccccc3)c2F)c1. The van der Waals surface area contributed by atoms with Gasteiger partial charge in [0, 0.05) is 62.6 Å². The molecule has 0 saturated heterocycles. The molecule has 1 saturated carbocycles. The van der Waals surface area contributed by atoms with Gasteiger partial charge in [0.05, 0.1) is 63.3 Å². The van der Waals surface area contributed by atoms with Crippen molar-refractivity contribution in [2.75, 3.05) is 48.7 Å². The van der Waals surface area contributed by atoms with Crippen molar-refractivity contribution >= 4 is 77.1 Å². The maximum absolute atomic E-state index is 15.4. The second kappa shape index (κ2) is 49.5. The molecule has 0 spiro atoms. The van der Waals surface area contributed by atoms with Crippen LogP contribution >= 0.6 is 12.4 Å². The van der Waals surface area contributed by atoms with Crippen LogP contribution in [0.15, 0.2) is 237 Å². The lowest BCUT2D eigenvalue weighted by molar-refractivity contribution is -0.0295. The van der Waals surface area contributed by atoms with Gasteiger partial charge in [-0.1, -0.05) is 158 Å². The van der Waals surface area contributed by atoms with Gasteiger partial charge in [-0.3, -0.25) is 19.2 Å². The highest BCUT2D eigenvalue weighted by Gasteiger charge is 2.29. The number of hydrogen-bond donors (Lipinski definition) is 11. The van der Waals surface area contributed by atoms with E-state index >= 15 is 13.2 Å². The first-order valence-corrected chi connectivity index (χ1v) is 41.6. The van der Waals surface area contributed by atoms with Crippen LogP contribution in [-0.2, 0) is 32.0 Å². The fraction of sp³-hybridized carbons (Fsp3) is 0.276. The van der Waals surface area contributed by atoms with Crippen LogP contribution in [0.25, 0.3) is 21.9 Å². The molecule has 14 N–H and O–H groups in total. The molecule has 3 aromatic heterocycles. The molecule has 3 heterocycles. The molecule has 9 aromatic carbocycles. The summed E-state index contributed by atoms with van der Waals surface area (Å²) in [7, 11) is 0. The fourth-order valence-corrected chi connectivity index (χ4v) is 12.1. The third-order valence-corrected chi connectivity index (χ3v) is 18.2. The van der Waals surface area contributed by atoms with E-state index in [9.17, 15) is 43.8 Å². The van der Waals surface area contributed by atoms with Crippen LogP contribution in [0, 0.1) is 50.7 Å². The third kappa shape index (κ3) is 32.6. The number of ketones is 1. The normalized spacial score (nSPS) is 11.8. The van der Waals surface area contributed by atoms with E-state index in [1.54, 1.807) is 235 Å². The standard InChI is InChI=1S/C30H31FN4O4.C25H17FN4O2.C25H23FN4O2.C10H18O5.C4H13N3.C4H8O.ClH/c1-19-16-25(35(34-19)22-13-8-10-20(17-22)18-32-29(38)39-30(2,3)4)28(37)33-24-15-9-14-23(26(24)31)27(36)21-11-6-5-7-12-21;1-16-14-22(30(29-16)19-11-6-10-18(15-19)27-2)25(32)28-21-13-7-12-20(23(21)26)24(31)17-8-4-3-5-9-17;1-16-13-22(30(29-16)19-10-5-7-17(14-19)15-27)25(32)28-21-12-6-11-20(23(21)26)24(31)18-8-3-2-4-9-18;1-9(2,3)14-7(11)13-8(12)15-10(4,5)6;5-1-3-7-4-2-6;5-3-4-1-2-4;/h5-17,27,36H,18H2,1-4H3,(H,32,38)(H,33,37);3-15H,1H3,(H,28,32);2-14,24,31H,15,27H2,1H3,(H,28,32);1-6H3;7H,1-6H2;4-5H,1-3H2;1H. The van der Waals surface area contributed by atoms with Gasteiger partial charge in [-0.15, -0.1) is 12.4 Å². The van der Waals surface area contributed by atoms with Gasteiger partial charge >= 0.3 is 18.4 Å². The molecule has 1 fully saturated rings. The Morgan fingerprint density at radius 2 is 0.855 bits per heavy atom. The van der Waals surface area contributed by atoms with Crippen molar-refractivity contribution in [2.24, 2.45) is 23.1 Å². The van der Waals surface area contributed by atoms with Gasteiger partial charge in [-0.05, 0) is 203 Å². The number of aryl methyl sites for hydroxylation is 3. The Kier molecular flexibility index (Phi) is 39.3. The van der Waals surface area contributed by atoms with Crippen LogP contribution in [0.2, 0.25) is 0 Å². The maximum atomic E-state index is 15.4. The Morgan fingerprint density at radius 3 is 1.24 bits per heavy atom. The summed E-state index contributed by atoms with van der Waals surface area (Å²) < 4.78 is 69.1. The van der Waals surface area contributed by atoms with Gasteiger partial charge in [0.2, 0.25) is 0 Å². The van der Waals surface area contributed by atoms with Crippen molar-refractivity contribution in [3.63, 3.8) is 0 Å². The van der Waals surface area contributed by atoms with E-state index in [0.717, 1.165) is 24.2 Å². The smallest absolute Gasteiger partial charge is 0.444 e. The average molecular weight is 1820 g/mol. The van der Waals surface area contributed by atoms with Crippen LogP contribution in [0.4, 0.5) is 50.3 Å². The minimum atomic E-state index is -1.19.